The Labute approximate surface area is 572 Å². The maximum Gasteiger partial charge on any atom is 0.305 e. The number of hydrogen-bond donors (Lipinski definition) is 6. The summed E-state index contributed by atoms with van der Waals surface area (Å²) in [4.78, 5) is 25.1. The first-order valence-corrected chi connectivity index (χ1v) is 39.7. The third-order valence-electron chi connectivity index (χ3n) is 18.5. The van der Waals surface area contributed by atoms with E-state index in [2.05, 4.69) is 79.9 Å². The lowest BCUT2D eigenvalue weighted by Crippen LogP contribution is -2.60. The van der Waals surface area contributed by atoms with Gasteiger partial charge in [-0.3, -0.25) is 9.59 Å². The minimum atomic E-state index is -1.58. The molecule has 0 aliphatic carbocycles. The highest BCUT2D eigenvalue weighted by molar-refractivity contribution is 5.76. The molecule has 7 unspecified atom stereocenters. The fourth-order valence-electron chi connectivity index (χ4n) is 12.3. The molecule has 1 aliphatic rings. The van der Waals surface area contributed by atoms with Crippen LogP contribution in [-0.4, -0.2) is 100 Å². The third-order valence-corrected chi connectivity index (χ3v) is 18.5. The molecule has 0 aromatic carbocycles. The van der Waals surface area contributed by atoms with Crippen molar-refractivity contribution in [2.45, 2.75) is 416 Å². The molecule has 0 radical (unpaired) electrons. The Kier molecular flexibility index (Phi) is 66.7. The minimum absolute atomic E-state index is 0.00496. The molecule has 542 valence electrons. The standard InChI is InChI=1S/C82H149NO10/c1-3-5-7-9-11-13-15-44-48-52-56-60-64-68-75(85)74(73-92-82-81(90)80(89)79(88)76(72-84)93-82)83-77(86)69-65-61-57-53-49-46-42-40-38-36-34-32-30-28-26-24-22-20-18-17-19-21-23-25-27-29-31-33-35-37-39-41-43-47-51-55-59-63-67-71-91-78(87)70-66-62-58-54-50-45-16-14-12-10-8-6-4-2/h11,13-14,16-18,21,23,48,52,64,68,74-76,79-82,84-85,88-90H,3-10,12,15,19-20,22,24-47,49-51,53-63,65-67,69-73H2,1-2H3,(H,83,86)/b13-11+,16-14-,18-17-,23-21-,52-48+,68-64+. The number of ether oxygens (including phenoxy) is 3. The lowest BCUT2D eigenvalue weighted by Gasteiger charge is -2.40. The van der Waals surface area contributed by atoms with Crippen LogP contribution < -0.4 is 5.32 Å². The van der Waals surface area contributed by atoms with Crippen molar-refractivity contribution >= 4 is 11.9 Å². The molecule has 0 saturated carbocycles. The maximum atomic E-state index is 13.1. The maximum absolute atomic E-state index is 13.1. The Balaban J connectivity index is 1.92. The van der Waals surface area contributed by atoms with Crippen LogP contribution in [-0.2, 0) is 23.8 Å². The van der Waals surface area contributed by atoms with Crippen molar-refractivity contribution in [3.8, 4) is 0 Å². The van der Waals surface area contributed by atoms with E-state index in [0.29, 0.717) is 19.4 Å². The van der Waals surface area contributed by atoms with Gasteiger partial charge in [0.25, 0.3) is 0 Å². The van der Waals surface area contributed by atoms with Gasteiger partial charge in [-0.05, 0) is 116 Å². The van der Waals surface area contributed by atoms with Crippen LogP contribution in [0.3, 0.4) is 0 Å². The van der Waals surface area contributed by atoms with Crippen LogP contribution in [0.25, 0.3) is 0 Å². The number of amides is 1. The lowest BCUT2D eigenvalue weighted by molar-refractivity contribution is -0.302. The minimum Gasteiger partial charge on any atom is -0.466 e. The van der Waals surface area contributed by atoms with Crippen LogP contribution in [0.5, 0.6) is 0 Å². The summed E-state index contributed by atoms with van der Waals surface area (Å²) < 4.78 is 16.7. The predicted octanol–water partition coefficient (Wildman–Crippen LogP) is 21.4. The SMILES string of the molecule is CCCCC/C=C/CC/C=C/CC/C=C/C(O)C(COC1OC(CO)C(O)C(O)C1O)NC(=O)CCCCCCCCCCCCCCCCCCC/C=C\C/C=C\CCCCCCCCCCCCCCCCCOC(=O)CCCCCCC/C=C\CCCCCC. The van der Waals surface area contributed by atoms with Crippen molar-refractivity contribution < 1.29 is 49.3 Å². The fourth-order valence-corrected chi connectivity index (χ4v) is 12.3. The smallest absolute Gasteiger partial charge is 0.305 e. The van der Waals surface area contributed by atoms with Crippen LogP contribution >= 0.6 is 0 Å². The molecule has 11 nitrogen and oxygen atoms in total. The Morgan fingerprint density at radius 2 is 0.731 bits per heavy atom. The molecule has 7 atom stereocenters. The summed E-state index contributed by atoms with van der Waals surface area (Å²) >= 11 is 0. The number of aliphatic hydroxyl groups excluding tert-OH is 5. The third kappa shape index (κ3) is 58.9. The van der Waals surface area contributed by atoms with Gasteiger partial charge in [0.05, 0.1) is 32.0 Å². The lowest BCUT2D eigenvalue weighted by atomic mass is 9.99. The monoisotopic (exact) mass is 1310 g/mol. The van der Waals surface area contributed by atoms with Gasteiger partial charge in [-0.15, -0.1) is 0 Å². The van der Waals surface area contributed by atoms with E-state index in [1.807, 2.05) is 6.08 Å². The number of hydrogen-bond acceptors (Lipinski definition) is 10. The molecule has 0 bridgehead atoms. The number of rotatable bonds is 70. The molecule has 1 heterocycles. The molecule has 1 amide bonds. The molecular weight excluding hydrogens is 1160 g/mol. The Hall–Kier alpha value is -2.90. The van der Waals surface area contributed by atoms with Gasteiger partial charge >= 0.3 is 5.97 Å². The van der Waals surface area contributed by atoms with E-state index in [1.165, 1.54) is 270 Å². The molecule has 1 saturated heterocycles. The molecule has 0 aromatic rings. The molecule has 93 heavy (non-hydrogen) atoms. The average Bonchev–Trinajstić information content (AvgIpc) is 1.02. The number of nitrogens with one attached hydrogen (secondary N) is 1. The fraction of sp³-hybridized carbons (Fsp3) is 0.829. The van der Waals surface area contributed by atoms with Crippen LogP contribution in [0.4, 0.5) is 0 Å². The zero-order valence-corrected chi connectivity index (χ0v) is 60.5. The normalized spacial score (nSPS) is 17.9. The number of unbranched alkanes of at least 4 members (excludes halogenated alkanes) is 46. The average molecular weight is 1310 g/mol. The van der Waals surface area contributed by atoms with Gasteiger partial charge in [-0.2, -0.15) is 0 Å². The van der Waals surface area contributed by atoms with Gasteiger partial charge in [-0.25, -0.2) is 0 Å². The molecule has 1 fully saturated rings. The van der Waals surface area contributed by atoms with Crippen molar-refractivity contribution in [3.05, 3.63) is 72.9 Å². The quantitative estimate of drug-likeness (QED) is 0.0195. The number of esters is 1. The summed E-state index contributed by atoms with van der Waals surface area (Å²) in [5.41, 5.74) is 0. The molecular formula is C82H149NO10. The first-order valence-electron chi connectivity index (χ1n) is 39.7. The number of carbonyl (C=O) groups excluding carboxylic acids is 2. The summed E-state index contributed by atoms with van der Waals surface area (Å²) in [5.74, 6) is -0.188. The van der Waals surface area contributed by atoms with E-state index in [9.17, 15) is 35.1 Å². The van der Waals surface area contributed by atoms with E-state index in [4.69, 9.17) is 14.2 Å². The largest absolute Gasteiger partial charge is 0.466 e. The number of aliphatic hydroxyl groups is 5. The second-order valence-corrected chi connectivity index (χ2v) is 27.4. The van der Waals surface area contributed by atoms with Gasteiger partial charge in [0, 0.05) is 12.8 Å². The number of carbonyl (C=O) groups is 2. The predicted molar refractivity (Wildman–Crippen MR) is 393 cm³/mol. The molecule has 11 heteroatoms. The molecule has 0 spiro atoms. The van der Waals surface area contributed by atoms with Crippen molar-refractivity contribution in [2.24, 2.45) is 0 Å². The second kappa shape index (κ2) is 70.4. The second-order valence-electron chi connectivity index (χ2n) is 27.4. The van der Waals surface area contributed by atoms with Crippen molar-refractivity contribution in [1.82, 2.24) is 5.32 Å². The first-order chi connectivity index (χ1) is 45.7. The van der Waals surface area contributed by atoms with Crippen molar-refractivity contribution in [2.75, 3.05) is 19.8 Å². The molecule has 6 N–H and O–H groups in total. The Morgan fingerprint density at radius 1 is 0.398 bits per heavy atom. The Bertz CT molecular complexity index is 1780. The zero-order valence-electron chi connectivity index (χ0n) is 60.5. The summed E-state index contributed by atoms with van der Waals surface area (Å²) in [5, 5.41) is 54.5. The van der Waals surface area contributed by atoms with Crippen molar-refractivity contribution in [3.63, 3.8) is 0 Å². The molecule has 1 rings (SSSR count). The Morgan fingerprint density at radius 3 is 1.15 bits per heavy atom. The van der Waals surface area contributed by atoms with Crippen LogP contribution in [0, 0.1) is 0 Å². The van der Waals surface area contributed by atoms with E-state index < -0.39 is 49.5 Å². The van der Waals surface area contributed by atoms with Gasteiger partial charge in [0.1, 0.15) is 24.4 Å². The van der Waals surface area contributed by atoms with Gasteiger partial charge in [-0.1, -0.05) is 318 Å². The van der Waals surface area contributed by atoms with Gasteiger partial charge < -0.3 is 45.1 Å². The zero-order chi connectivity index (χ0) is 67.2. The van der Waals surface area contributed by atoms with Gasteiger partial charge in [0.2, 0.25) is 5.91 Å². The highest BCUT2D eigenvalue weighted by atomic mass is 16.7. The van der Waals surface area contributed by atoms with E-state index in [1.54, 1.807) is 6.08 Å². The van der Waals surface area contributed by atoms with Crippen LogP contribution in [0.2, 0.25) is 0 Å². The summed E-state index contributed by atoms with van der Waals surface area (Å²) in [6.07, 6.45) is 86.5. The summed E-state index contributed by atoms with van der Waals surface area (Å²) in [6.45, 7) is 4.31. The molecule has 1 aliphatic heterocycles. The van der Waals surface area contributed by atoms with E-state index >= 15 is 0 Å². The number of allylic oxidation sites excluding steroid dienone is 11. The highest BCUT2D eigenvalue weighted by Gasteiger charge is 2.44. The molecule has 0 aromatic heterocycles. The van der Waals surface area contributed by atoms with Crippen molar-refractivity contribution in [1.29, 1.82) is 0 Å². The van der Waals surface area contributed by atoms with Gasteiger partial charge in [0.15, 0.2) is 6.29 Å². The first kappa shape index (κ1) is 88.1. The summed E-state index contributed by atoms with van der Waals surface area (Å²) in [6, 6.07) is -0.834. The van der Waals surface area contributed by atoms with E-state index in [0.717, 1.165) is 77.0 Å². The highest BCUT2D eigenvalue weighted by Crippen LogP contribution is 2.23. The van der Waals surface area contributed by atoms with Crippen LogP contribution in [0.1, 0.15) is 373 Å². The van der Waals surface area contributed by atoms with Crippen LogP contribution in [0.15, 0.2) is 72.9 Å². The topological polar surface area (TPSA) is 175 Å². The van der Waals surface area contributed by atoms with E-state index in [-0.39, 0.29) is 18.5 Å². The summed E-state index contributed by atoms with van der Waals surface area (Å²) in [7, 11) is 0.